The number of pyridine rings is 1. The highest BCUT2D eigenvalue weighted by Gasteiger charge is 2.22. The van der Waals surface area contributed by atoms with E-state index in [9.17, 15) is 19.7 Å². The van der Waals surface area contributed by atoms with Crippen LogP contribution < -0.4 is 0 Å². The van der Waals surface area contributed by atoms with Crippen molar-refractivity contribution in [2.24, 2.45) is 0 Å². The Labute approximate surface area is 96.6 Å². The molecule has 0 aliphatic heterocycles. The molecular formula is C10H10N2O5. The van der Waals surface area contributed by atoms with Gasteiger partial charge in [0.1, 0.15) is 12.6 Å². The minimum absolute atomic E-state index is 0.141. The van der Waals surface area contributed by atoms with E-state index in [1.807, 2.05) is 0 Å². The molecule has 0 amide bonds. The predicted molar refractivity (Wildman–Crippen MR) is 56.5 cm³/mol. The molecule has 0 aromatic carbocycles. The van der Waals surface area contributed by atoms with Gasteiger partial charge in [-0.25, -0.2) is 0 Å². The van der Waals surface area contributed by atoms with Gasteiger partial charge in [-0.05, 0) is 13.0 Å². The minimum atomic E-state index is -0.717. The Kier molecular flexibility index (Phi) is 4.27. The molecule has 0 spiro atoms. The highest BCUT2D eigenvalue weighted by molar-refractivity contribution is 6.08. The maximum atomic E-state index is 11.6. The smallest absolute Gasteiger partial charge is 0.313 e. The van der Waals surface area contributed by atoms with Crippen LogP contribution in [0.15, 0.2) is 18.5 Å². The molecule has 1 aromatic rings. The molecule has 0 radical (unpaired) electrons. The second kappa shape index (κ2) is 5.69. The summed E-state index contributed by atoms with van der Waals surface area (Å²) < 4.78 is 4.59. The SMILES string of the molecule is CCOC(=O)CC(=O)c1ccncc1[N+](=O)[O-]. The summed E-state index contributed by atoms with van der Waals surface area (Å²) in [5.74, 6) is -1.36. The molecule has 0 atom stereocenters. The van der Waals surface area contributed by atoms with E-state index < -0.39 is 28.8 Å². The van der Waals surface area contributed by atoms with E-state index in [1.54, 1.807) is 6.92 Å². The first-order chi connectivity index (χ1) is 8.06. The van der Waals surface area contributed by atoms with Crippen LogP contribution in [0.4, 0.5) is 5.69 Å². The molecule has 1 rings (SSSR count). The Morgan fingerprint density at radius 2 is 2.24 bits per heavy atom. The lowest BCUT2D eigenvalue weighted by Gasteiger charge is -2.02. The quantitative estimate of drug-likeness (QED) is 0.250. The van der Waals surface area contributed by atoms with Crippen molar-refractivity contribution >= 4 is 17.4 Å². The summed E-state index contributed by atoms with van der Waals surface area (Å²) in [5.41, 5.74) is -0.556. The normalized spacial score (nSPS) is 9.71. The first kappa shape index (κ1) is 12.8. The molecule has 7 heteroatoms. The van der Waals surface area contributed by atoms with Crippen LogP contribution in [-0.4, -0.2) is 28.3 Å². The van der Waals surface area contributed by atoms with Crippen LogP contribution in [0.25, 0.3) is 0 Å². The lowest BCUT2D eigenvalue weighted by atomic mass is 10.1. The van der Waals surface area contributed by atoms with Gasteiger partial charge in [0, 0.05) is 6.20 Å². The Morgan fingerprint density at radius 1 is 1.53 bits per heavy atom. The number of carbonyl (C=O) groups excluding carboxylic acids is 2. The number of aromatic nitrogens is 1. The van der Waals surface area contributed by atoms with Crippen LogP contribution in [0.5, 0.6) is 0 Å². The van der Waals surface area contributed by atoms with Crippen molar-refractivity contribution in [3.05, 3.63) is 34.1 Å². The molecule has 0 saturated heterocycles. The topological polar surface area (TPSA) is 99.4 Å². The van der Waals surface area contributed by atoms with Gasteiger partial charge in [0.05, 0.1) is 17.1 Å². The number of hydrogen-bond acceptors (Lipinski definition) is 6. The molecule has 1 aromatic heterocycles. The number of rotatable bonds is 5. The van der Waals surface area contributed by atoms with Crippen molar-refractivity contribution in [1.29, 1.82) is 0 Å². The summed E-state index contributed by atoms with van der Waals surface area (Å²) in [6, 6.07) is 1.21. The number of hydrogen-bond donors (Lipinski definition) is 0. The van der Waals surface area contributed by atoms with Gasteiger partial charge in [-0.15, -0.1) is 0 Å². The van der Waals surface area contributed by atoms with Gasteiger partial charge in [0.2, 0.25) is 0 Å². The van der Waals surface area contributed by atoms with Crippen molar-refractivity contribution < 1.29 is 19.2 Å². The highest BCUT2D eigenvalue weighted by Crippen LogP contribution is 2.17. The third kappa shape index (κ3) is 3.33. The Balaban J connectivity index is 2.89. The Hall–Kier alpha value is -2.31. The predicted octanol–water partition coefficient (Wildman–Crippen LogP) is 1.13. The highest BCUT2D eigenvalue weighted by atomic mass is 16.6. The van der Waals surface area contributed by atoms with E-state index in [0.29, 0.717) is 0 Å². The number of ketones is 1. The summed E-state index contributed by atoms with van der Waals surface area (Å²) in [6.07, 6.45) is 1.71. The number of esters is 1. The lowest BCUT2D eigenvalue weighted by Crippen LogP contribution is -2.12. The summed E-state index contributed by atoms with van der Waals surface area (Å²) in [4.78, 5) is 36.2. The third-order valence-electron chi connectivity index (χ3n) is 1.91. The molecule has 0 unspecified atom stereocenters. The van der Waals surface area contributed by atoms with Crippen LogP contribution in [-0.2, 0) is 9.53 Å². The first-order valence-electron chi connectivity index (χ1n) is 4.83. The lowest BCUT2D eigenvalue weighted by molar-refractivity contribution is -0.385. The Morgan fingerprint density at radius 3 is 2.82 bits per heavy atom. The fourth-order valence-corrected chi connectivity index (χ4v) is 1.21. The number of carbonyl (C=O) groups is 2. The number of Topliss-reactive ketones (excluding diaryl/α,β-unsaturated/α-hetero) is 1. The van der Waals surface area contributed by atoms with Gasteiger partial charge in [0.25, 0.3) is 5.69 Å². The third-order valence-corrected chi connectivity index (χ3v) is 1.91. The van der Waals surface area contributed by atoms with E-state index in [2.05, 4.69) is 9.72 Å². The van der Waals surface area contributed by atoms with Crippen molar-refractivity contribution in [2.75, 3.05) is 6.61 Å². The second-order valence-corrected chi connectivity index (χ2v) is 3.05. The van der Waals surface area contributed by atoms with Crippen molar-refractivity contribution in [1.82, 2.24) is 4.98 Å². The van der Waals surface area contributed by atoms with Crippen LogP contribution >= 0.6 is 0 Å². The molecule has 0 saturated carbocycles. The molecule has 1 heterocycles. The van der Waals surface area contributed by atoms with E-state index in [-0.39, 0.29) is 12.2 Å². The molecule has 0 aliphatic carbocycles. The second-order valence-electron chi connectivity index (χ2n) is 3.05. The number of ether oxygens (including phenoxy) is 1. The Bertz CT molecular complexity index is 458. The number of nitro groups is 1. The summed E-state index contributed by atoms with van der Waals surface area (Å²) in [7, 11) is 0. The number of nitrogens with zero attached hydrogens (tertiary/aromatic N) is 2. The molecule has 0 bridgehead atoms. The van der Waals surface area contributed by atoms with E-state index in [4.69, 9.17) is 0 Å². The minimum Gasteiger partial charge on any atom is -0.466 e. The monoisotopic (exact) mass is 238 g/mol. The van der Waals surface area contributed by atoms with Crippen molar-refractivity contribution in [3.8, 4) is 0 Å². The van der Waals surface area contributed by atoms with E-state index in [0.717, 1.165) is 6.20 Å². The molecule has 0 aliphatic rings. The largest absolute Gasteiger partial charge is 0.466 e. The van der Waals surface area contributed by atoms with Crippen LogP contribution in [0, 0.1) is 10.1 Å². The summed E-state index contributed by atoms with van der Waals surface area (Å²) >= 11 is 0. The van der Waals surface area contributed by atoms with Crippen LogP contribution in [0.1, 0.15) is 23.7 Å². The molecular weight excluding hydrogens is 228 g/mol. The fraction of sp³-hybridized carbons (Fsp3) is 0.300. The van der Waals surface area contributed by atoms with E-state index in [1.165, 1.54) is 12.3 Å². The molecule has 0 fully saturated rings. The maximum Gasteiger partial charge on any atom is 0.313 e. The zero-order valence-electron chi connectivity index (χ0n) is 9.08. The van der Waals surface area contributed by atoms with Gasteiger partial charge < -0.3 is 4.74 Å². The van der Waals surface area contributed by atoms with Crippen molar-refractivity contribution in [3.63, 3.8) is 0 Å². The molecule has 7 nitrogen and oxygen atoms in total. The average Bonchev–Trinajstić information content (AvgIpc) is 2.29. The first-order valence-corrected chi connectivity index (χ1v) is 4.83. The van der Waals surface area contributed by atoms with Crippen LogP contribution in [0.2, 0.25) is 0 Å². The van der Waals surface area contributed by atoms with Crippen LogP contribution in [0.3, 0.4) is 0 Å². The summed E-state index contributed by atoms with van der Waals surface area (Å²) in [6.45, 7) is 1.77. The van der Waals surface area contributed by atoms with Crippen molar-refractivity contribution in [2.45, 2.75) is 13.3 Å². The fourth-order valence-electron chi connectivity index (χ4n) is 1.21. The zero-order valence-corrected chi connectivity index (χ0v) is 9.08. The van der Waals surface area contributed by atoms with Gasteiger partial charge >= 0.3 is 5.97 Å². The standard InChI is InChI=1S/C10H10N2O5/c1-2-17-10(14)5-9(13)7-3-4-11-6-8(7)12(15)16/h3-4,6H,2,5H2,1H3. The molecule has 90 valence electrons. The van der Waals surface area contributed by atoms with Gasteiger partial charge in [0.15, 0.2) is 5.78 Å². The van der Waals surface area contributed by atoms with Gasteiger partial charge in [-0.3, -0.25) is 24.7 Å². The summed E-state index contributed by atoms with van der Waals surface area (Å²) in [5, 5.41) is 10.6. The zero-order chi connectivity index (χ0) is 12.8. The molecule has 0 N–H and O–H groups in total. The molecule has 17 heavy (non-hydrogen) atoms. The van der Waals surface area contributed by atoms with Gasteiger partial charge in [-0.2, -0.15) is 0 Å². The maximum absolute atomic E-state index is 11.6. The van der Waals surface area contributed by atoms with E-state index >= 15 is 0 Å². The average molecular weight is 238 g/mol. The van der Waals surface area contributed by atoms with Gasteiger partial charge in [-0.1, -0.05) is 0 Å².